The molecule has 3 heterocycles. The highest BCUT2D eigenvalue weighted by atomic mass is 19.1. The molecule has 0 spiro atoms. The van der Waals surface area contributed by atoms with E-state index in [9.17, 15) is 13.6 Å². The topological polar surface area (TPSA) is 58.5 Å². The molecule has 5 nitrogen and oxygen atoms in total. The van der Waals surface area contributed by atoms with E-state index in [1.165, 1.54) is 12.1 Å². The van der Waals surface area contributed by atoms with Crippen molar-refractivity contribution >= 4 is 11.6 Å². The van der Waals surface area contributed by atoms with Gasteiger partial charge in [0.05, 0.1) is 31.1 Å². The molecule has 1 aromatic heterocycles. The summed E-state index contributed by atoms with van der Waals surface area (Å²) in [6.45, 7) is 1.13. The maximum atomic E-state index is 13.5. The van der Waals surface area contributed by atoms with Gasteiger partial charge < -0.3 is 4.90 Å². The molecule has 29 heavy (non-hydrogen) atoms. The Morgan fingerprint density at radius 1 is 0.966 bits per heavy atom. The molecule has 5 rings (SSSR count). The first-order valence-electron chi connectivity index (χ1n) is 9.26. The van der Waals surface area contributed by atoms with Gasteiger partial charge in [-0.3, -0.25) is 9.79 Å². The average Bonchev–Trinajstić information content (AvgIpc) is 3.09. The summed E-state index contributed by atoms with van der Waals surface area (Å²) in [5.41, 5.74) is 6.33. The number of benzene rings is 2. The maximum absolute atomic E-state index is 13.5. The lowest BCUT2D eigenvalue weighted by molar-refractivity contribution is -0.132. The molecule has 0 aliphatic carbocycles. The zero-order valence-corrected chi connectivity index (χ0v) is 15.4. The summed E-state index contributed by atoms with van der Waals surface area (Å²) >= 11 is 0. The number of hydrogen-bond acceptors (Lipinski definition) is 4. The SMILES string of the molecule is O=C1Cc2cc3c(cc2CN1Cc1cc(F)cc(F)c1)C(c1ccnnc1)=NC3. The molecule has 0 fully saturated rings. The fraction of sp³-hybridized carbons (Fsp3) is 0.182. The molecule has 0 radical (unpaired) electrons. The molecule has 0 unspecified atom stereocenters. The normalized spacial score (nSPS) is 15.2. The lowest BCUT2D eigenvalue weighted by atomic mass is 9.91. The number of amides is 1. The van der Waals surface area contributed by atoms with Crippen molar-refractivity contribution in [3.05, 3.63) is 93.8 Å². The van der Waals surface area contributed by atoms with Crippen LogP contribution in [0, 0.1) is 11.6 Å². The minimum absolute atomic E-state index is 0.0559. The summed E-state index contributed by atoms with van der Waals surface area (Å²) in [5, 5.41) is 7.74. The van der Waals surface area contributed by atoms with Gasteiger partial charge in [-0.15, -0.1) is 0 Å². The first-order valence-corrected chi connectivity index (χ1v) is 9.26. The van der Waals surface area contributed by atoms with Crippen molar-refractivity contribution in [3.63, 3.8) is 0 Å². The number of hydrogen-bond donors (Lipinski definition) is 0. The molecule has 0 saturated carbocycles. The quantitative estimate of drug-likeness (QED) is 0.690. The highest BCUT2D eigenvalue weighted by Gasteiger charge is 2.27. The number of nitrogens with zero attached hydrogens (tertiary/aromatic N) is 4. The van der Waals surface area contributed by atoms with Gasteiger partial charge in [0.15, 0.2) is 0 Å². The lowest BCUT2D eigenvalue weighted by Gasteiger charge is -2.29. The van der Waals surface area contributed by atoms with Crippen molar-refractivity contribution in [1.29, 1.82) is 0 Å². The molecule has 3 aromatic rings. The summed E-state index contributed by atoms with van der Waals surface area (Å²) in [6, 6.07) is 9.34. The van der Waals surface area contributed by atoms with E-state index in [1.54, 1.807) is 17.3 Å². The van der Waals surface area contributed by atoms with Gasteiger partial charge in [-0.2, -0.15) is 10.2 Å². The van der Waals surface area contributed by atoms with Crippen LogP contribution in [-0.4, -0.2) is 26.7 Å². The number of carbonyl (C=O) groups excluding carboxylic acids is 1. The van der Waals surface area contributed by atoms with Gasteiger partial charge in [0.2, 0.25) is 5.91 Å². The number of rotatable bonds is 3. The predicted octanol–water partition coefficient (Wildman–Crippen LogP) is 3.19. The highest BCUT2D eigenvalue weighted by Crippen LogP contribution is 2.30. The molecule has 2 aliphatic rings. The van der Waals surface area contributed by atoms with Gasteiger partial charge in [-0.25, -0.2) is 8.78 Å². The lowest BCUT2D eigenvalue weighted by Crippen LogP contribution is -2.36. The zero-order chi connectivity index (χ0) is 20.0. The van der Waals surface area contributed by atoms with Gasteiger partial charge in [-0.05, 0) is 46.5 Å². The van der Waals surface area contributed by atoms with Gasteiger partial charge in [0.25, 0.3) is 0 Å². The van der Waals surface area contributed by atoms with Crippen LogP contribution in [0.1, 0.15) is 33.4 Å². The minimum atomic E-state index is -0.644. The van der Waals surface area contributed by atoms with Crippen LogP contribution in [-0.2, 0) is 30.8 Å². The van der Waals surface area contributed by atoms with E-state index >= 15 is 0 Å². The molecule has 0 N–H and O–H groups in total. The maximum Gasteiger partial charge on any atom is 0.227 e. The van der Waals surface area contributed by atoms with Crippen molar-refractivity contribution in [3.8, 4) is 0 Å². The van der Waals surface area contributed by atoms with Crippen molar-refractivity contribution in [1.82, 2.24) is 15.1 Å². The van der Waals surface area contributed by atoms with Crippen LogP contribution in [0.25, 0.3) is 0 Å². The van der Waals surface area contributed by atoms with Crippen LogP contribution in [0.4, 0.5) is 8.78 Å². The fourth-order valence-corrected chi connectivity index (χ4v) is 3.97. The molecule has 1 amide bonds. The highest BCUT2D eigenvalue weighted by molar-refractivity contribution is 6.15. The smallest absolute Gasteiger partial charge is 0.227 e. The second-order valence-electron chi connectivity index (χ2n) is 7.28. The molecule has 7 heteroatoms. The van der Waals surface area contributed by atoms with Crippen LogP contribution >= 0.6 is 0 Å². The number of aromatic nitrogens is 2. The molecule has 2 aliphatic heterocycles. The van der Waals surface area contributed by atoms with E-state index in [0.29, 0.717) is 18.7 Å². The van der Waals surface area contributed by atoms with Crippen molar-refractivity contribution < 1.29 is 13.6 Å². The molecule has 0 bridgehead atoms. The first-order chi connectivity index (χ1) is 14.1. The van der Waals surface area contributed by atoms with Crippen LogP contribution in [0.2, 0.25) is 0 Å². The van der Waals surface area contributed by atoms with Crippen molar-refractivity contribution in [2.75, 3.05) is 0 Å². The average molecular weight is 390 g/mol. The van der Waals surface area contributed by atoms with E-state index in [0.717, 1.165) is 39.6 Å². The van der Waals surface area contributed by atoms with E-state index < -0.39 is 11.6 Å². The van der Waals surface area contributed by atoms with Gasteiger partial charge in [0.1, 0.15) is 11.6 Å². The molecular weight excluding hydrogens is 374 g/mol. The van der Waals surface area contributed by atoms with E-state index in [4.69, 9.17) is 0 Å². The second-order valence-corrected chi connectivity index (χ2v) is 7.28. The number of halogens is 2. The minimum Gasteiger partial charge on any atom is -0.334 e. The molecule has 2 aromatic carbocycles. The Morgan fingerprint density at radius 3 is 2.55 bits per heavy atom. The monoisotopic (exact) mass is 390 g/mol. The number of carbonyl (C=O) groups is 1. The standard InChI is InChI=1S/C22H16F2N4O/c23-18-3-13(4-19(24)8-18)11-28-12-17-6-20-16(5-15(17)7-21(28)29)9-25-22(20)14-1-2-26-27-10-14/h1-6,8,10H,7,9,11-12H2. The van der Waals surface area contributed by atoms with E-state index in [2.05, 4.69) is 21.3 Å². The fourth-order valence-electron chi connectivity index (χ4n) is 3.97. The zero-order valence-electron chi connectivity index (χ0n) is 15.4. The summed E-state index contributed by atoms with van der Waals surface area (Å²) in [4.78, 5) is 18.9. The van der Waals surface area contributed by atoms with Crippen LogP contribution in [0.5, 0.6) is 0 Å². The largest absolute Gasteiger partial charge is 0.334 e. The van der Waals surface area contributed by atoms with Gasteiger partial charge >= 0.3 is 0 Å². The summed E-state index contributed by atoms with van der Waals surface area (Å²) < 4.78 is 27.0. The van der Waals surface area contributed by atoms with Crippen LogP contribution < -0.4 is 0 Å². The Morgan fingerprint density at radius 2 is 1.79 bits per heavy atom. The third-order valence-corrected chi connectivity index (χ3v) is 5.30. The van der Waals surface area contributed by atoms with E-state index in [-0.39, 0.29) is 18.9 Å². The van der Waals surface area contributed by atoms with E-state index in [1.807, 2.05) is 12.1 Å². The number of aliphatic imine (C=N–C) groups is 1. The Hall–Kier alpha value is -3.48. The second kappa shape index (κ2) is 6.84. The Kier molecular flexibility index (Phi) is 4.16. The molecule has 0 saturated heterocycles. The molecule has 0 atom stereocenters. The van der Waals surface area contributed by atoms with Crippen molar-refractivity contribution in [2.45, 2.75) is 26.1 Å². The first kappa shape index (κ1) is 17.6. The summed E-state index contributed by atoms with van der Waals surface area (Å²) in [6.07, 6.45) is 3.58. The Bertz CT molecular complexity index is 1140. The third-order valence-electron chi connectivity index (χ3n) is 5.30. The van der Waals surface area contributed by atoms with Crippen LogP contribution in [0.3, 0.4) is 0 Å². The summed E-state index contributed by atoms with van der Waals surface area (Å²) in [7, 11) is 0. The molecule has 144 valence electrons. The molecular formula is C22H16F2N4O. The Balaban J connectivity index is 1.45. The predicted molar refractivity (Wildman–Crippen MR) is 102 cm³/mol. The number of fused-ring (bicyclic) bond motifs is 2. The third kappa shape index (κ3) is 3.29. The summed E-state index contributed by atoms with van der Waals surface area (Å²) in [5.74, 6) is -1.34. The van der Waals surface area contributed by atoms with Gasteiger partial charge in [0, 0.05) is 30.3 Å². The van der Waals surface area contributed by atoms with Crippen molar-refractivity contribution in [2.24, 2.45) is 4.99 Å². The Labute approximate surface area is 165 Å². The van der Waals surface area contributed by atoms with Gasteiger partial charge in [-0.1, -0.05) is 6.07 Å². The van der Waals surface area contributed by atoms with Crippen LogP contribution in [0.15, 0.2) is 53.8 Å².